The second kappa shape index (κ2) is 4.42. The fourth-order valence-electron chi connectivity index (χ4n) is 3.93. The number of ether oxygens (including phenoxy) is 1. The van der Waals surface area contributed by atoms with Crippen molar-refractivity contribution < 1.29 is 9.53 Å². The highest BCUT2D eigenvalue weighted by Crippen LogP contribution is 2.72. The standard InChI is InChI=1S/C16H20O2/c1-2-18-15(17)14-13(12-8-4-3-5-9-12)16(14)10-6-7-11-16/h3-5,8-9,13-14H,2,6-7,10-11H2,1H3. The van der Waals surface area contributed by atoms with Crippen molar-refractivity contribution in [2.75, 3.05) is 6.61 Å². The van der Waals surface area contributed by atoms with Gasteiger partial charge >= 0.3 is 5.97 Å². The first kappa shape index (κ1) is 11.8. The van der Waals surface area contributed by atoms with E-state index in [4.69, 9.17) is 4.74 Å². The molecule has 0 heterocycles. The van der Waals surface area contributed by atoms with Crippen molar-refractivity contribution >= 4 is 5.97 Å². The largest absolute Gasteiger partial charge is 0.466 e. The summed E-state index contributed by atoms with van der Waals surface area (Å²) in [5.74, 6) is 0.538. The summed E-state index contributed by atoms with van der Waals surface area (Å²) in [6.45, 7) is 2.38. The van der Waals surface area contributed by atoms with Crippen LogP contribution >= 0.6 is 0 Å². The second-order valence-corrected chi connectivity index (χ2v) is 5.56. The van der Waals surface area contributed by atoms with Gasteiger partial charge in [0.15, 0.2) is 0 Å². The molecular formula is C16H20O2. The quantitative estimate of drug-likeness (QED) is 0.760. The van der Waals surface area contributed by atoms with Crippen LogP contribution in [0.1, 0.15) is 44.1 Å². The third kappa shape index (κ3) is 1.66. The van der Waals surface area contributed by atoms with Gasteiger partial charge in [0.2, 0.25) is 0 Å². The number of rotatable bonds is 3. The molecule has 1 aromatic carbocycles. The average molecular weight is 244 g/mol. The summed E-state index contributed by atoms with van der Waals surface area (Å²) in [5, 5.41) is 0. The van der Waals surface area contributed by atoms with E-state index in [-0.39, 0.29) is 17.3 Å². The Morgan fingerprint density at radius 2 is 1.94 bits per heavy atom. The van der Waals surface area contributed by atoms with E-state index in [1.165, 1.54) is 31.2 Å². The molecule has 0 amide bonds. The highest BCUT2D eigenvalue weighted by molar-refractivity contribution is 5.80. The Morgan fingerprint density at radius 1 is 1.28 bits per heavy atom. The summed E-state index contributed by atoms with van der Waals surface area (Å²) >= 11 is 0. The van der Waals surface area contributed by atoms with Gasteiger partial charge in [-0.1, -0.05) is 43.2 Å². The van der Waals surface area contributed by atoms with Gasteiger partial charge in [0.1, 0.15) is 0 Å². The lowest BCUT2D eigenvalue weighted by Crippen LogP contribution is -2.11. The third-order valence-corrected chi connectivity index (χ3v) is 4.70. The molecule has 2 aliphatic carbocycles. The molecule has 96 valence electrons. The van der Waals surface area contributed by atoms with Crippen LogP contribution in [0.3, 0.4) is 0 Å². The zero-order valence-corrected chi connectivity index (χ0v) is 10.9. The zero-order valence-electron chi connectivity index (χ0n) is 10.9. The number of esters is 1. The molecule has 2 saturated carbocycles. The molecule has 2 nitrogen and oxygen atoms in total. The molecule has 2 unspecified atom stereocenters. The lowest BCUT2D eigenvalue weighted by atomic mass is 9.97. The van der Waals surface area contributed by atoms with Crippen LogP contribution in [-0.2, 0) is 9.53 Å². The first-order valence-corrected chi connectivity index (χ1v) is 7.01. The molecule has 1 spiro atoms. The predicted octanol–water partition coefficient (Wildman–Crippen LogP) is 3.52. The topological polar surface area (TPSA) is 26.3 Å². The van der Waals surface area contributed by atoms with Crippen LogP contribution in [0.4, 0.5) is 0 Å². The minimum Gasteiger partial charge on any atom is -0.466 e. The molecule has 0 bridgehead atoms. The first-order valence-electron chi connectivity index (χ1n) is 7.01. The Morgan fingerprint density at radius 3 is 2.56 bits per heavy atom. The lowest BCUT2D eigenvalue weighted by Gasteiger charge is -2.08. The Balaban J connectivity index is 1.87. The molecule has 1 aromatic rings. The van der Waals surface area contributed by atoms with Crippen molar-refractivity contribution in [3.8, 4) is 0 Å². The summed E-state index contributed by atoms with van der Waals surface area (Å²) in [6.07, 6.45) is 4.91. The van der Waals surface area contributed by atoms with Crippen LogP contribution in [0.5, 0.6) is 0 Å². The van der Waals surface area contributed by atoms with E-state index in [9.17, 15) is 4.79 Å². The van der Waals surface area contributed by atoms with Gasteiger partial charge in [-0.3, -0.25) is 4.79 Å². The Hall–Kier alpha value is -1.31. The predicted molar refractivity (Wildman–Crippen MR) is 70.2 cm³/mol. The van der Waals surface area contributed by atoms with E-state index >= 15 is 0 Å². The molecule has 3 rings (SSSR count). The van der Waals surface area contributed by atoms with Gasteiger partial charge in [0.05, 0.1) is 12.5 Å². The van der Waals surface area contributed by atoms with Gasteiger partial charge in [-0.05, 0) is 30.7 Å². The van der Waals surface area contributed by atoms with Gasteiger partial charge < -0.3 is 4.74 Å². The number of hydrogen-bond acceptors (Lipinski definition) is 2. The molecule has 0 saturated heterocycles. The first-order chi connectivity index (χ1) is 8.79. The molecule has 2 atom stereocenters. The monoisotopic (exact) mass is 244 g/mol. The van der Waals surface area contributed by atoms with E-state index in [1.807, 2.05) is 13.0 Å². The summed E-state index contributed by atoms with van der Waals surface area (Å²) in [6, 6.07) is 10.5. The van der Waals surface area contributed by atoms with Gasteiger partial charge in [0, 0.05) is 5.92 Å². The van der Waals surface area contributed by atoms with Crippen molar-refractivity contribution in [2.45, 2.75) is 38.5 Å². The van der Waals surface area contributed by atoms with Crippen LogP contribution in [0.25, 0.3) is 0 Å². The lowest BCUT2D eigenvalue weighted by molar-refractivity contribution is -0.145. The van der Waals surface area contributed by atoms with Crippen LogP contribution in [0, 0.1) is 11.3 Å². The number of carbonyl (C=O) groups excluding carboxylic acids is 1. The van der Waals surface area contributed by atoms with Gasteiger partial charge in [-0.2, -0.15) is 0 Å². The SMILES string of the molecule is CCOC(=O)C1C(c2ccccc2)C12CCCC2. The zero-order chi connectivity index (χ0) is 12.6. The van der Waals surface area contributed by atoms with Gasteiger partial charge in [-0.15, -0.1) is 0 Å². The summed E-state index contributed by atoms with van der Waals surface area (Å²) in [5.41, 5.74) is 1.55. The smallest absolute Gasteiger partial charge is 0.310 e. The molecule has 2 heteroatoms. The molecular weight excluding hydrogens is 224 g/mol. The minimum absolute atomic E-state index is 0.0215. The fourth-order valence-corrected chi connectivity index (χ4v) is 3.93. The summed E-state index contributed by atoms with van der Waals surface area (Å²) in [4.78, 5) is 12.1. The highest BCUT2D eigenvalue weighted by atomic mass is 16.5. The van der Waals surface area contributed by atoms with Crippen LogP contribution in [-0.4, -0.2) is 12.6 Å². The van der Waals surface area contributed by atoms with Gasteiger partial charge in [0.25, 0.3) is 0 Å². The van der Waals surface area contributed by atoms with Gasteiger partial charge in [-0.25, -0.2) is 0 Å². The Labute approximate surface area is 108 Å². The normalized spacial score (nSPS) is 28.3. The van der Waals surface area contributed by atoms with Crippen molar-refractivity contribution in [3.63, 3.8) is 0 Å². The second-order valence-electron chi connectivity index (χ2n) is 5.56. The third-order valence-electron chi connectivity index (χ3n) is 4.70. The molecule has 0 aliphatic heterocycles. The van der Waals surface area contributed by atoms with E-state index < -0.39 is 0 Å². The maximum atomic E-state index is 12.1. The molecule has 2 fully saturated rings. The van der Waals surface area contributed by atoms with Crippen molar-refractivity contribution in [2.24, 2.45) is 11.3 Å². The summed E-state index contributed by atoms with van der Waals surface area (Å²) in [7, 11) is 0. The molecule has 2 aliphatic rings. The molecule has 0 aromatic heterocycles. The summed E-state index contributed by atoms with van der Waals surface area (Å²) < 4.78 is 5.27. The van der Waals surface area contributed by atoms with E-state index in [1.54, 1.807) is 0 Å². The van der Waals surface area contributed by atoms with Crippen molar-refractivity contribution in [1.82, 2.24) is 0 Å². The fraction of sp³-hybridized carbons (Fsp3) is 0.562. The number of hydrogen-bond donors (Lipinski definition) is 0. The van der Waals surface area contributed by atoms with E-state index in [2.05, 4.69) is 24.3 Å². The van der Waals surface area contributed by atoms with Crippen molar-refractivity contribution in [3.05, 3.63) is 35.9 Å². The Bertz CT molecular complexity index is 432. The highest BCUT2D eigenvalue weighted by Gasteiger charge is 2.69. The minimum atomic E-state index is 0.0215. The molecule has 18 heavy (non-hydrogen) atoms. The molecule has 0 radical (unpaired) electrons. The average Bonchev–Trinajstić information content (AvgIpc) is 2.76. The maximum absolute atomic E-state index is 12.1. The number of carbonyl (C=O) groups is 1. The van der Waals surface area contributed by atoms with E-state index in [0.29, 0.717) is 12.5 Å². The Kier molecular flexibility index (Phi) is 2.89. The van der Waals surface area contributed by atoms with Crippen LogP contribution < -0.4 is 0 Å². The van der Waals surface area contributed by atoms with Crippen LogP contribution in [0.2, 0.25) is 0 Å². The van der Waals surface area contributed by atoms with Crippen molar-refractivity contribution in [1.29, 1.82) is 0 Å². The number of benzene rings is 1. The molecule has 0 N–H and O–H groups in total. The maximum Gasteiger partial charge on any atom is 0.310 e. The van der Waals surface area contributed by atoms with E-state index in [0.717, 1.165) is 0 Å². The van der Waals surface area contributed by atoms with Crippen LogP contribution in [0.15, 0.2) is 30.3 Å².